The molecule has 0 aliphatic heterocycles. The highest BCUT2D eigenvalue weighted by Crippen LogP contribution is 2.12. The summed E-state index contributed by atoms with van der Waals surface area (Å²) in [5.41, 5.74) is 0.439. The molecule has 0 heterocycles. The van der Waals surface area contributed by atoms with Crippen molar-refractivity contribution in [2.24, 2.45) is 0 Å². The quantitative estimate of drug-likeness (QED) is 0.444. The third-order valence-corrected chi connectivity index (χ3v) is 2.44. The van der Waals surface area contributed by atoms with E-state index in [1.165, 1.54) is 14.2 Å². The van der Waals surface area contributed by atoms with Crippen molar-refractivity contribution < 1.29 is 19.1 Å². The van der Waals surface area contributed by atoms with Crippen LogP contribution in [0.2, 0.25) is 5.02 Å². The van der Waals surface area contributed by atoms with Crippen LogP contribution < -0.4 is 0 Å². The average Bonchev–Trinajstić information content (AvgIpc) is 2.31. The van der Waals surface area contributed by atoms with Gasteiger partial charge in [0.15, 0.2) is 11.6 Å². The number of methoxy groups -OCH3 is 2. The van der Waals surface area contributed by atoms with Gasteiger partial charge >= 0.3 is 0 Å². The molecule has 0 radical (unpaired) electrons. The van der Waals surface area contributed by atoms with Crippen LogP contribution >= 0.6 is 11.6 Å². The Kier molecular flexibility index (Phi) is 5.28. The molecule has 1 aromatic carbocycles. The van der Waals surface area contributed by atoms with E-state index in [0.29, 0.717) is 10.6 Å². The fourth-order valence-electron chi connectivity index (χ4n) is 1.34. The van der Waals surface area contributed by atoms with E-state index in [0.717, 1.165) is 0 Å². The largest absolute Gasteiger partial charge is 0.349 e. The lowest BCUT2D eigenvalue weighted by Crippen LogP contribution is -2.26. The molecule has 92 valence electrons. The lowest BCUT2D eigenvalue weighted by atomic mass is 10.1. The van der Waals surface area contributed by atoms with E-state index in [-0.39, 0.29) is 12.2 Å². The number of halogens is 1. The topological polar surface area (TPSA) is 52.6 Å². The summed E-state index contributed by atoms with van der Waals surface area (Å²) >= 11 is 5.70. The molecule has 5 heteroatoms. The molecule has 0 aromatic heterocycles. The Morgan fingerprint density at radius 1 is 1.18 bits per heavy atom. The smallest absolute Gasteiger partial charge is 0.217 e. The van der Waals surface area contributed by atoms with Gasteiger partial charge in [-0.1, -0.05) is 11.6 Å². The van der Waals surface area contributed by atoms with Crippen LogP contribution in [0.4, 0.5) is 0 Å². The Balaban J connectivity index is 2.66. The van der Waals surface area contributed by atoms with Gasteiger partial charge in [-0.2, -0.15) is 0 Å². The Labute approximate surface area is 104 Å². The van der Waals surface area contributed by atoms with Crippen LogP contribution in [-0.2, 0) is 14.3 Å². The molecule has 0 aliphatic carbocycles. The Bertz CT molecular complexity index is 395. The number of carbonyl (C=O) groups is 2. The molecule has 0 saturated heterocycles. The van der Waals surface area contributed by atoms with Gasteiger partial charge in [-0.3, -0.25) is 9.59 Å². The normalized spacial score (nSPS) is 10.6. The van der Waals surface area contributed by atoms with E-state index in [9.17, 15) is 9.59 Å². The Morgan fingerprint density at radius 2 is 1.71 bits per heavy atom. The molecule has 0 fully saturated rings. The van der Waals surface area contributed by atoms with Gasteiger partial charge in [0.05, 0.1) is 6.42 Å². The number of ether oxygens (including phenoxy) is 2. The maximum absolute atomic E-state index is 11.7. The van der Waals surface area contributed by atoms with Crippen molar-refractivity contribution in [2.75, 3.05) is 14.2 Å². The third-order valence-electron chi connectivity index (χ3n) is 2.19. The van der Waals surface area contributed by atoms with Gasteiger partial charge < -0.3 is 9.47 Å². The molecule has 0 amide bonds. The minimum Gasteiger partial charge on any atom is -0.349 e. The summed E-state index contributed by atoms with van der Waals surface area (Å²) in [4.78, 5) is 23.3. The van der Waals surface area contributed by atoms with E-state index in [2.05, 4.69) is 0 Å². The average molecular weight is 257 g/mol. The second kappa shape index (κ2) is 6.49. The Morgan fingerprint density at radius 3 is 2.18 bits per heavy atom. The van der Waals surface area contributed by atoms with Crippen LogP contribution in [0.5, 0.6) is 0 Å². The van der Waals surface area contributed by atoms with Crippen LogP contribution in [0.15, 0.2) is 24.3 Å². The SMILES string of the molecule is COC(OC)C(=O)CC(=O)c1ccc(Cl)cc1. The number of hydrogen-bond donors (Lipinski definition) is 0. The summed E-state index contributed by atoms with van der Waals surface area (Å²) in [5, 5.41) is 0.541. The van der Waals surface area contributed by atoms with Gasteiger partial charge in [0.1, 0.15) is 0 Å². The zero-order chi connectivity index (χ0) is 12.8. The zero-order valence-electron chi connectivity index (χ0n) is 9.60. The first-order chi connectivity index (χ1) is 8.08. The highest BCUT2D eigenvalue weighted by atomic mass is 35.5. The van der Waals surface area contributed by atoms with Crippen LogP contribution in [0.1, 0.15) is 16.8 Å². The van der Waals surface area contributed by atoms with Gasteiger partial charge in [0, 0.05) is 24.8 Å². The number of ketones is 2. The predicted octanol–water partition coefficient (Wildman–Crippen LogP) is 2.10. The van der Waals surface area contributed by atoms with E-state index in [1.807, 2.05) is 0 Å². The summed E-state index contributed by atoms with van der Waals surface area (Å²) in [6, 6.07) is 6.35. The summed E-state index contributed by atoms with van der Waals surface area (Å²) in [7, 11) is 2.69. The maximum atomic E-state index is 11.7. The molecule has 0 bridgehead atoms. The minimum absolute atomic E-state index is 0.256. The summed E-state index contributed by atoms with van der Waals surface area (Å²) in [6.45, 7) is 0. The molecular weight excluding hydrogens is 244 g/mol. The molecule has 17 heavy (non-hydrogen) atoms. The standard InChI is InChI=1S/C12H13ClO4/c1-16-12(17-2)11(15)7-10(14)8-3-5-9(13)6-4-8/h3-6,12H,7H2,1-2H3. The first-order valence-electron chi connectivity index (χ1n) is 4.95. The number of carbonyl (C=O) groups excluding carboxylic acids is 2. The van der Waals surface area contributed by atoms with E-state index in [1.54, 1.807) is 24.3 Å². The Hall–Kier alpha value is -1.23. The molecule has 1 rings (SSSR count). The van der Waals surface area contributed by atoms with Crippen LogP contribution in [-0.4, -0.2) is 32.1 Å². The molecule has 0 N–H and O–H groups in total. The third kappa shape index (κ3) is 3.93. The van der Waals surface area contributed by atoms with Crippen LogP contribution in [0, 0.1) is 0 Å². The van der Waals surface area contributed by atoms with Crippen molar-refractivity contribution in [3.05, 3.63) is 34.9 Å². The van der Waals surface area contributed by atoms with Crippen molar-refractivity contribution >= 4 is 23.2 Å². The molecule has 0 atom stereocenters. The van der Waals surface area contributed by atoms with Crippen LogP contribution in [0.25, 0.3) is 0 Å². The lowest BCUT2D eigenvalue weighted by molar-refractivity contribution is -0.155. The zero-order valence-corrected chi connectivity index (χ0v) is 10.4. The maximum Gasteiger partial charge on any atom is 0.217 e. The minimum atomic E-state index is -0.994. The summed E-state index contributed by atoms with van der Waals surface area (Å²) in [6.07, 6.45) is -1.25. The van der Waals surface area contributed by atoms with Crippen LogP contribution in [0.3, 0.4) is 0 Å². The number of Topliss-reactive ketones (excluding diaryl/α,β-unsaturated/α-hetero) is 2. The van der Waals surface area contributed by atoms with Gasteiger partial charge in [0.25, 0.3) is 0 Å². The van der Waals surface area contributed by atoms with Gasteiger partial charge in [-0.05, 0) is 24.3 Å². The molecule has 0 aliphatic rings. The molecule has 1 aromatic rings. The van der Waals surface area contributed by atoms with Gasteiger partial charge in [-0.15, -0.1) is 0 Å². The first-order valence-corrected chi connectivity index (χ1v) is 5.33. The number of hydrogen-bond acceptors (Lipinski definition) is 4. The fourth-order valence-corrected chi connectivity index (χ4v) is 1.46. The van der Waals surface area contributed by atoms with Crippen molar-refractivity contribution in [2.45, 2.75) is 12.7 Å². The van der Waals surface area contributed by atoms with Crippen molar-refractivity contribution in [1.82, 2.24) is 0 Å². The predicted molar refractivity (Wildman–Crippen MR) is 63.2 cm³/mol. The lowest BCUT2D eigenvalue weighted by Gasteiger charge is -2.11. The second-order valence-electron chi connectivity index (χ2n) is 3.38. The monoisotopic (exact) mass is 256 g/mol. The van der Waals surface area contributed by atoms with Gasteiger partial charge in [0.2, 0.25) is 6.29 Å². The fraction of sp³-hybridized carbons (Fsp3) is 0.333. The van der Waals surface area contributed by atoms with Gasteiger partial charge in [-0.25, -0.2) is 0 Å². The van der Waals surface area contributed by atoms with E-state index >= 15 is 0 Å². The molecular formula is C12H13ClO4. The highest BCUT2D eigenvalue weighted by molar-refractivity contribution is 6.30. The summed E-state index contributed by atoms with van der Waals surface area (Å²) in [5.74, 6) is -0.694. The second-order valence-corrected chi connectivity index (χ2v) is 3.81. The van der Waals surface area contributed by atoms with E-state index in [4.69, 9.17) is 21.1 Å². The van der Waals surface area contributed by atoms with Crippen molar-refractivity contribution in [3.63, 3.8) is 0 Å². The molecule has 0 saturated carbocycles. The van der Waals surface area contributed by atoms with E-state index < -0.39 is 12.1 Å². The molecule has 4 nitrogen and oxygen atoms in total. The molecule has 0 spiro atoms. The first kappa shape index (κ1) is 13.8. The number of benzene rings is 1. The highest BCUT2D eigenvalue weighted by Gasteiger charge is 2.20. The van der Waals surface area contributed by atoms with Crippen molar-refractivity contribution in [3.8, 4) is 0 Å². The summed E-state index contributed by atoms with van der Waals surface area (Å²) < 4.78 is 9.54. The molecule has 0 unspecified atom stereocenters. The number of rotatable bonds is 6. The van der Waals surface area contributed by atoms with Crippen molar-refractivity contribution in [1.29, 1.82) is 0 Å².